The molecule has 2 unspecified atom stereocenters. The molecule has 0 spiro atoms. The van der Waals surface area contributed by atoms with E-state index in [-0.39, 0.29) is 34.1 Å². The van der Waals surface area contributed by atoms with E-state index in [1.807, 2.05) is 114 Å². The van der Waals surface area contributed by atoms with Crippen molar-refractivity contribution in [2.24, 2.45) is 0 Å². The molecule has 8 nitrogen and oxygen atoms in total. The van der Waals surface area contributed by atoms with Gasteiger partial charge < -0.3 is 40.4 Å². The van der Waals surface area contributed by atoms with Crippen LogP contribution in [-0.2, 0) is 0 Å². The predicted octanol–water partition coefficient (Wildman–Crippen LogP) is 7.98. The van der Waals surface area contributed by atoms with Crippen LogP contribution in [0.4, 0.5) is 22.7 Å². The van der Waals surface area contributed by atoms with Crippen LogP contribution in [0.2, 0.25) is 0 Å². The Bertz CT molecular complexity index is 2010. The summed E-state index contributed by atoms with van der Waals surface area (Å²) in [6.07, 6.45) is -2.66. The average Bonchev–Trinajstić information content (AvgIpc) is 3.12. The van der Waals surface area contributed by atoms with Crippen LogP contribution in [0.1, 0.15) is 23.0 Å². The van der Waals surface area contributed by atoms with Crippen LogP contribution in [0.3, 0.4) is 0 Å². The van der Waals surface area contributed by atoms with Gasteiger partial charge in [0, 0.05) is 78.1 Å². The maximum absolute atomic E-state index is 11.6. The summed E-state index contributed by atoms with van der Waals surface area (Å²) in [5, 5.41) is 67.5. The fourth-order valence-corrected chi connectivity index (χ4v) is 7.14. The fourth-order valence-electron chi connectivity index (χ4n) is 7.14. The molecule has 1 aliphatic carbocycles. The van der Waals surface area contributed by atoms with E-state index in [1.54, 1.807) is 19.0 Å². The number of aliphatic hydroxyl groups excluding tert-OH is 2. The Kier molecular flexibility index (Phi) is 8.57. The highest BCUT2D eigenvalue weighted by Crippen LogP contribution is 2.57. The van der Waals surface area contributed by atoms with Crippen LogP contribution < -0.4 is 9.80 Å². The number of benzene rings is 6. The van der Waals surface area contributed by atoms with Crippen molar-refractivity contribution in [1.29, 1.82) is 0 Å². The third-order valence-corrected chi connectivity index (χ3v) is 9.61. The maximum atomic E-state index is 11.6. The lowest BCUT2D eigenvalue weighted by molar-refractivity contribution is -0.0810. The quantitative estimate of drug-likeness (QED) is 0.0966. The SMILES string of the molecule is CN(C)c1cc(O)c(C2C(O)C(c3c(O)cc(N(c4ccccc4-c4ccccc4)c4ccccc4-c4ccccc4)cc3O)C2O)c(O)c1. The van der Waals surface area contributed by atoms with Crippen LogP contribution in [0.25, 0.3) is 22.3 Å². The average molecular weight is 667 g/mol. The zero-order chi connectivity index (χ0) is 35.1. The molecule has 1 fully saturated rings. The van der Waals surface area contributed by atoms with Crippen LogP contribution >= 0.6 is 0 Å². The third-order valence-electron chi connectivity index (χ3n) is 9.61. The van der Waals surface area contributed by atoms with Crippen molar-refractivity contribution in [3.63, 3.8) is 0 Å². The van der Waals surface area contributed by atoms with E-state index in [4.69, 9.17) is 0 Å². The summed E-state index contributed by atoms with van der Waals surface area (Å²) in [5.74, 6) is -3.34. The minimum atomic E-state index is -1.33. The molecule has 0 saturated heterocycles. The molecule has 0 aliphatic heterocycles. The van der Waals surface area contributed by atoms with Crippen molar-refractivity contribution >= 4 is 22.7 Å². The molecule has 1 aliphatic rings. The molecule has 8 heteroatoms. The Morgan fingerprint density at radius 2 is 0.780 bits per heavy atom. The lowest BCUT2D eigenvalue weighted by Gasteiger charge is -2.47. The standard InChI is InChI=1S/C42H38N2O6/c1-43(2)27-21-33(45)37(34(46)22-27)39-41(49)40(42(39)50)38-35(47)23-28(24-36(38)48)44(31-19-11-9-17-29(31)25-13-5-3-6-14-25)32-20-12-10-18-30(32)26-15-7-4-8-16-26/h3-24,39-42,45-50H,1-2H3. The van der Waals surface area contributed by atoms with E-state index in [0.29, 0.717) is 11.4 Å². The monoisotopic (exact) mass is 666 g/mol. The molecule has 2 atom stereocenters. The summed E-state index contributed by atoms with van der Waals surface area (Å²) in [5.41, 5.74) is 6.36. The Morgan fingerprint density at radius 3 is 1.16 bits per heavy atom. The summed E-state index contributed by atoms with van der Waals surface area (Å²) in [7, 11) is 3.52. The van der Waals surface area contributed by atoms with Gasteiger partial charge >= 0.3 is 0 Å². The molecule has 0 radical (unpaired) electrons. The number of rotatable bonds is 8. The number of aliphatic hydroxyl groups is 2. The summed E-state index contributed by atoms with van der Waals surface area (Å²) >= 11 is 0. The fraction of sp³-hybridized carbons (Fsp3) is 0.143. The van der Waals surface area contributed by atoms with Gasteiger partial charge in [-0.2, -0.15) is 0 Å². The Hall–Kier alpha value is -5.96. The first-order valence-electron chi connectivity index (χ1n) is 16.4. The summed E-state index contributed by atoms with van der Waals surface area (Å²) in [6.45, 7) is 0. The van der Waals surface area contributed by atoms with Gasteiger partial charge in [0.2, 0.25) is 0 Å². The zero-order valence-electron chi connectivity index (χ0n) is 27.6. The lowest BCUT2D eigenvalue weighted by atomic mass is 9.62. The van der Waals surface area contributed by atoms with Crippen LogP contribution in [0, 0.1) is 0 Å². The van der Waals surface area contributed by atoms with Crippen molar-refractivity contribution < 1.29 is 30.6 Å². The van der Waals surface area contributed by atoms with E-state index in [9.17, 15) is 30.6 Å². The number of aromatic hydroxyl groups is 4. The molecule has 0 aromatic heterocycles. The molecule has 6 aromatic rings. The van der Waals surface area contributed by atoms with E-state index < -0.39 is 24.0 Å². The number of phenols is 4. The molecule has 1 saturated carbocycles. The Morgan fingerprint density at radius 1 is 0.440 bits per heavy atom. The Balaban J connectivity index is 1.34. The second kappa shape index (κ2) is 13.2. The first kappa shape index (κ1) is 32.6. The van der Waals surface area contributed by atoms with E-state index >= 15 is 0 Å². The number of nitrogens with zero attached hydrogens (tertiary/aromatic N) is 2. The molecule has 6 aromatic carbocycles. The van der Waals surface area contributed by atoms with Gasteiger partial charge in [-0.3, -0.25) is 0 Å². The van der Waals surface area contributed by atoms with Crippen LogP contribution in [0.15, 0.2) is 133 Å². The predicted molar refractivity (Wildman–Crippen MR) is 197 cm³/mol. The van der Waals surface area contributed by atoms with Gasteiger partial charge in [-0.25, -0.2) is 0 Å². The second-order valence-electron chi connectivity index (χ2n) is 12.8. The van der Waals surface area contributed by atoms with Gasteiger partial charge in [-0.1, -0.05) is 97.1 Å². The van der Waals surface area contributed by atoms with Crippen LogP contribution in [0.5, 0.6) is 23.0 Å². The first-order chi connectivity index (χ1) is 24.2. The number of hydrogen-bond acceptors (Lipinski definition) is 8. The van der Waals surface area contributed by atoms with E-state index in [1.165, 1.54) is 24.3 Å². The second-order valence-corrected chi connectivity index (χ2v) is 12.8. The number of para-hydroxylation sites is 2. The van der Waals surface area contributed by atoms with Gasteiger partial charge in [0.05, 0.1) is 29.3 Å². The highest BCUT2D eigenvalue weighted by molar-refractivity contribution is 5.94. The smallest absolute Gasteiger partial charge is 0.125 e. The molecule has 6 N–H and O–H groups in total. The molecular formula is C42H38N2O6. The van der Waals surface area contributed by atoms with Crippen molar-refractivity contribution in [3.05, 3.63) is 145 Å². The largest absolute Gasteiger partial charge is 0.507 e. The normalized spacial score (nSPS) is 18.3. The van der Waals surface area contributed by atoms with Gasteiger partial charge in [0.25, 0.3) is 0 Å². The highest BCUT2D eigenvalue weighted by Gasteiger charge is 2.54. The summed E-state index contributed by atoms with van der Waals surface area (Å²) in [4.78, 5) is 3.68. The van der Waals surface area contributed by atoms with Crippen molar-refractivity contribution in [3.8, 4) is 45.3 Å². The van der Waals surface area contributed by atoms with Crippen molar-refractivity contribution in [1.82, 2.24) is 0 Å². The van der Waals surface area contributed by atoms with Gasteiger partial charge in [0.1, 0.15) is 23.0 Å². The Labute approximate surface area is 290 Å². The van der Waals surface area contributed by atoms with E-state index in [2.05, 4.69) is 0 Å². The number of anilines is 4. The summed E-state index contributed by atoms with van der Waals surface area (Å²) in [6, 6.07) is 41.6. The third kappa shape index (κ3) is 5.64. The number of phenolic OH excluding ortho intramolecular Hbond substituents is 4. The van der Waals surface area contributed by atoms with Crippen molar-refractivity contribution in [2.45, 2.75) is 24.0 Å². The van der Waals surface area contributed by atoms with Gasteiger partial charge in [-0.05, 0) is 23.3 Å². The molecule has 0 bridgehead atoms. The van der Waals surface area contributed by atoms with E-state index in [0.717, 1.165) is 33.6 Å². The van der Waals surface area contributed by atoms with Gasteiger partial charge in [-0.15, -0.1) is 0 Å². The minimum Gasteiger partial charge on any atom is -0.507 e. The molecule has 7 rings (SSSR count). The van der Waals surface area contributed by atoms with Crippen LogP contribution in [-0.4, -0.2) is 56.9 Å². The molecule has 50 heavy (non-hydrogen) atoms. The molecule has 0 amide bonds. The molecular weight excluding hydrogens is 628 g/mol. The van der Waals surface area contributed by atoms with Crippen molar-refractivity contribution in [2.75, 3.05) is 23.9 Å². The number of hydrogen-bond donors (Lipinski definition) is 6. The molecule has 252 valence electrons. The highest BCUT2D eigenvalue weighted by atomic mass is 16.3. The maximum Gasteiger partial charge on any atom is 0.125 e. The lowest BCUT2D eigenvalue weighted by Crippen LogP contribution is -2.51. The first-order valence-corrected chi connectivity index (χ1v) is 16.4. The topological polar surface area (TPSA) is 128 Å². The minimum absolute atomic E-state index is 0.00339. The van der Waals surface area contributed by atoms with Gasteiger partial charge in [0.15, 0.2) is 0 Å². The molecule has 0 heterocycles. The summed E-state index contributed by atoms with van der Waals surface area (Å²) < 4.78 is 0. The zero-order valence-corrected chi connectivity index (χ0v) is 27.6.